The molecule has 0 aliphatic carbocycles. The van der Waals surface area contributed by atoms with Crippen molar-refractivity contribution in [3.05, 3.63) is 0 Å². The van der Waals surface area contributed by atoms with Crippen LogP contribution in [0, 0.1) is 0 Å². The maximum absolute atomic E-state index is 8.59. The van der Waals surface area contributed by atoms with E-state index in [1.165, 1.54) is 32.1 Å². The highest BCUT2D eigenvalue weighted by Gasteiger charge is 1.80. The number of hydrogen-bond acceptors (Lipinski definition) is 2. The fraction of sp³-hybridized carbons (Fsp3) is 1.00. The van der Waals surface area contributed by atoms with Gasteiger partial charge in [-0.2, -0.15) is 0 Å². The Morgan fingerprint density at radius 1 is 1.00 bits per heavy atom. The Hall–Kier alpha value is -0.0900. The molecule has 0 rings (SSSR count). The van der Waals surface area contributed by atoms with Crippen LogP contribution in [-0.4, -0.2) is 13.0 Å². The summed E-state index contributed by atoms with van der Waals surface area (Å²) in [5.74, 6) is 0. The van der Waals surface area contributed by atoms with Gasteiger partial charge in [-0.15, -0.1) is 0 Å². The van der Waals surface area contributed by atoms with Gasteiger partial charge in [0.2, 0.25) is 0 Å². The van der Waals surface area contributed by atoms with Crippen LogP contribution in [0.2, 0.25) is 0 Å². The molecular weight excluding hydrogens is 164 g/mol. The van der Waals surface area contributed by atoms with Gasteiger partial charge in [-0.25, -0.2) is 8.42 Å². The summed E-state index contributed by atoms with van der Waals surface area (Å²) >= 11 is 0. The van der Waals surface area contributed by atoms with Crippen LogP contribution in [0.1, 0.15) is 46.0 Å². The summed E-state index contributed by atoms with van der Waals surface area (Å²) in [5.41, 5.74) is 0. The van der Waals surface area contributed by atoms with Crippen LogP contribution in [0.25, 0.3) is 0 Å². The minimum atomic E-state index is -3.12. The fourth-order valence-corrected chi connectivity index (χ4v) is 0.677. The Labute approximate surface area is 70.6 Å². The van der Waals surface area contributed by atoms with Gasteiger partial charge >= 0.3 is 0 Å². The summed E-state index contributed by atoms with van der Waals surface area (Å²) in [6, 6.07) is 0. The highest BCUT2D eigenvalue weighted by molar-refractivity contribution is 7.66. The molecule has 0 bridgehead atoms. The van der Waals surface area contributed by atoms with E-state index in [-0.39, 0.29) is 0 Å². The zero-order chi connectivity index (χ0) is 9.11. The molecule has 0 unspecified atom stereocenters. The van der Waals surface area contributed by atoms with Gasteiger partial charge in [0.05, 0.1) is 0 Å². The molecular formula is C7H18O3S. The van der Waals surface area contributed by atoms with E-state index in [4.69, 9.17) is 13.0 Å². The maximum Gasteiger partial charge on any atom is 0.254 e. The highest BCUT2D eigenvalue weighted by atomic mass is 32.2. The predicted octanol–water partition coefficient (Wildman–Crippen LogP) is 2.05. The average Bonchev–Trinajstić information content (AvgIpc) is 1.88. The molecule has 1 N–H and O–H groups in total. The first-order valence-electron chi connectivity index (χ1n) is 3.98. The topological polar surface area (TPSA) is 54.4 Å². The Kier molecular flexibility index (Phi) is 15.4. The lowest BCUT2D eigenvalue weighted by molar-refractivity contribution is 0.509. The van der Waals surface area contributed by atoms with E-state index in [0.29, 0.717) is 0 Å². The molecule has 0 radical (unpaired) electrons. The van der Waals surface area contributed by atoms with Crippen molar-refractivity contribution in [1.82, 2.24) is 0 Å². The van der Waals surface area contributed by atoms with Crippen molar-refractivity contribution in [1.29, 1.82) is 0 Å². The van der Waals surface area contributed by atoms with Crippen molar-refractivity contribution in [2.45, 2.75) is 46.0 Å². The van der Waals surface area contributed by atoms with E-state index < -0.39 is 11.0 Å². The van der Waals surface area contributed by atoms with Gasteiger partial charge in [-0.05, 0) is 0 Å². The lowest BCUT2D eigenvalue weighted by Gasteiger charge is -1.90. The van der Waals surface area contributed by atoms with E-state index in [1.54, 1.807) is 0 Å². The second-order valence-corrected chi connectivity index (χ2v) is 2.77. The third-order valence-corrected chi connectivity index (χ3v) is 1.21. The van der Waals surface area contributed by atoms with Gasteiger partial charge in [0.25, 0.3) is 11.0 Å². The van der Waals surface area contributed by atoms with Crippen LogP contribution < -0.4 is 0 Å². The molecule has 0 aliphatic heterocycles. The largest absolute Gasteiger partial charge is 0.288 e. The number of thiol groups is 1. The van der Waals surface area contributed by atoms with Gasteiger partial charge in [0.1, 0.15) is 0 Å². The molecule has 4 heteroatoms. The second kappa shape index (κ2) is 12.6. The van der Waals surface area contributed by atoms with Crippen LogP contribution >= 0.6 is 0 Å². The molecule has 0 heterocycles. The first kappa shape index (κ1) is 13.5. The van der Waals surface area contributed by atoms with Crippen molar-refractivity contribution >= 4 is 11.0 Å². The standard InChI is InChI=1S/C7H16.H2O3S/c1-3-5-7-6-4-2;1-4(2)3/h3-7H2,1-2H3;4H,(H,1,2,3). The smallest absolute Gasteiger partial charge is 0.254 e. The van der Waals surface area contributed by atoms with Gasteiger partial charge in [-0.3, -0.25) is 4.55 Å². The van der Waals surface area contributed by atoms with Crippen molar-refractivity contribution in [2.75, 3.05) is 0 Å². The highest BCUT2D eigenvalue weighted by Crippen LogP contribution is 2.00. The summed E-state index contributed by atoms with van der Waals surface area (Å²) in [6.45, 7) is 4.49. The van der Waals surface area contributed by atoms with Crippen molar-refractivity contribution in [2.24, 2.45) is 0 Å². The maximum atomic E-state index is 8.59. The lowest BCUT2D eigenvalue weighted by Crippen LogP contribution is -1.70. The van der Waals surface area contributed by atoms with Gasteiger partial charge in [0, 0.05) is 0 Å². The van der Waals surface area contributed by atoms with Gasteiger partial charge in [0.15, 0.2) is 0 Å². The van der Waals surface area contributed by atoms with Crippen LogP contribution in [-0.2, 0) is 11.0 Å². The zero-order valence-electron chi connectivity index (χ0n) is 7.25. The van der Waals surface area contributed by atoms with E-state index >= 15 is 0 Å². The normalized spacial score (nSPS) is 9.09. The Morgan fingerprint density at radius 2 is 1.27 bits per heavy atom. The molecule has 0 fully saturated rings. The van der Waals surface area contributed by atoms with Crippen LogP contribution in [0.3, 0.4) is 0 Å². The Balaban J connectivity index is 0. The van der Waals surface area contributed by atoms with E-state index in [0.717, 1.165) is 0 Å². The Bertz CT molecular complexity index is 109. The summed E-state index contributed by atoms with van der Waals surface area (Å²) < 4.78 is 24.2. The van der Waals surface area contributed by atoms with E-state index in [2.05, 4.69) is 13.8 Å². The van der Waals surface area contributed by atoms with Crippen molar-refractivity contribution in [3.8, 4) is 0 Å². The summed E-state index contributed by atoms with van der Waals surface area (Å²) in [6.07, 6.45) is 7.01. The monoisotopic (exact) mass is 182 g/mol. The molecule has 0 saturated heterocycles. The molecule has 0 amide bonds. The number of unbranched alkanes of at least 4 members (excludes halogenated alkanes) is 4. The number of hydrogen-bond donors (Lipinski definition) is 2. The van der Waals surface area contributed by atoms with E-state index in [9.17, 15) is 0 Å². The second-order valence-electron chi connectivity index (χ2n) is 2.30. The molecule has 11 heavy (non-hydrogen) atoms. The lowest BCUT2D eigenvalue weighted by atomic mass is 10.2. The molecule has 0 atom stereocenters. The van der Waals surface area contributed by atoms with Crippen LogP contribution in [0.15, 0.2) is 0 Å². The third-order valence-electron chi connectivity index (χ3n) is 1.21. The molecule has 0 saturated carbocycles. The fourth-order valence-electron chi connectivity index (χ4n) is 0.677. The average molecular weight is 182 g/mol. The molecule has 0 aromatic heterocycles. The molecule has 0 aromatic rings. The SMILES string of the molecule is CCCCCCC.O=[SH](=O)O. The molecule has 0 spiro atoms. The summed E-state index contributed by atoms with van der Waals surface area (Å²) in [4.78, 5) is 0. The Morgan fingerprint density at radius 3 is 1.45 bits per heavy atom. The molecule has 0 aromatic carbocycles. The minimum Gasteiger partial charge on any atom is -0.288 e. The first-order chi connectivity index (χ1) is 5.15. The van der Waals surface area contributed by atoms with Crippen LogP contribution in [0.5, 0.6) is 0 Å². The number of rotatable bonds is 4. The van der Waals surface area contributed by atoms with Gasteiger partial charge in [-0.1, -0.05) is 46.0 Å². The summed E-state index contributed by atoms with van der Waals surface area (Å²) in [7, 11) is -3.12. The van der Waals surface area contributed by atoms with Gasteiger partial charge < -0.3 is 0 Å². The third kappa shape index (κ3) is 40.6. The zero-order valence-corrected chi connectivity index (χ0v) is 8.14. The molecule has 3 nitrogen and oxygen atoms in total. The minimum absolute atomic E-state index is 1.36. The first-order valence-corrected chi connectivity index (χ1v) is 5.11. The van der Waals surface area contributed by atoms with Crippen LogP contribution in [0.4, 0.5) is 0 Å². The molecule has 70 valence electrons. The van der Waals surface area contributed by atoms with Crippen molar-refractivity contribution < 1.29 is 13.0 Å². The predicted molar refractivity (Wildman–Crippen MR) is 47.4 cm³/mol. The summed E-state index contributed by atoms with van der Waals surface area (Å²) in [5, 5.41) is 0. The van der Waals surface area contributed by atoms with E-state index in [1.807, 2.05) is 0 Å². The quantitative estimate of drug-likeness (QED) is 0.397. The molecule has 0 aliphatic rings. The van der Waals surface area contributed by atoms with Crippen molar-refractivity contribution in [3.63, 3.8) is 0 Å².